The highest BCUT2D eigenvalue weighted by Crippen LogP contribution is 2.19. The summed E-state index contributed by atoms with van der Waals surface area (Å²) >= 11 is 0. The van der Waals surface area contributed by atoms with Gasteiger partial charge in [-0.1, -0.05) is 18.2 Å². The molecule has 34 heavy (non-hydrogen) atoms. The molecule has 0 bridgehead atoms. The van der Waals surface area contributed by atoms with Crippen LogP contribution in [-0.4, -0.2) is 81.0 Å². The molecule has 0 spiro atoms. The van der Waals surface area contributed by atoms with Crippen LogP contribution in [0.4, 0.5) is 0 Å². The zero-order chi connectivity index (χ0) is 24.8. The molecule has 12 nitrogen and oxygen atoms in total. The average molecular weight is 473 g/mol. The maximum absolute atomic E-state index is 12.6. The quantitative estimate of drug-likeness (QED) is 0.258. The van der Waals surface area contributed by atoms with Crippen molar-refractivity contribution in [3.05, 3.63) is 36.0 Å². The van der Waals surface area contributed by atoms with Crippen molar-refractivity contribution in [2.24, 2.45) is 5.73 Å². The number of carboxylic acid groups (broad SMARTS) is 2. The number of carboxylic acids is 2. The Hall–Kier alpha value is -3.93. The van der Waals surface area contributed by atoms with Crippen LogP contribution in [0.3, 0.4) is 0 Å². The number of para-hydroxylation sites is 1. The molecule has 3 atom stereocenters. The Morgan fingerprint density at radius 1 is 1.15 bits per heavy atom. The minimum atomic E-state index is -1.46. The first-order chi connectivity index (χ1) is 16.2. The normalized spacial score (nSPS) is 17.2. The third kappa shape index (κ3) is 5.90. The smallest absolute Gasteiger partial charge is 0.326 e. The van der Waals surface area contributed by atoms with Gasteiger partial charge in [0.2, 0.25) is 17.7 Å². The predicted molar refractivity (Wildman–Crippen MR) is 120 cm³/mol. The maximum Gasteiger partial charge on any atom is 0.326 e. The molecule has 182 valence electrons. The van der Waals surface area contributed by atoms with Crippen molar-refractivity contribution in [3.63, 3.8) is 0 Å². The maximum atomic E-state index is 12.6. The predicted octanol–water partition coefficient (Wildman–Crippen LogP) is -0.811. The molecule has 12 heteroatoms. The van der Waals surface area contributed by atoms with E-state index in [0.29, 0.717) is 12.8 Å². The summed E-state index contributed by atoms with van der Waals surface area (Å²) in [6, 6.07) is 3.99. The van der Waals surface area contributed by atoms with Gasteiger partial charge in [0.05, 0.1) is 19.0 Å². The SMILES string of the molecule is NC(Cc1c[nH]c2ccccc12)C(=O)NC(CC(=O)O)C(=O)NCC(=O)N1CCCC1C(=O)O. The number of carbonyl (C=O) groups excluding carboxylic acids is 3. The second-order valence-corrected chi connectivity index (χ2v) is 8.13. The van der Waals surface area contributed by atoms with Crippen molar-refractivity contribution < 1.29 is 34.2 Å². The molecule has 3 rings (SSSR count). The van der Waals surface area contributed by atoms with E-state index < -0.39 is 60.8 Å². The minimum absolute atomic E-state index is 0.154. The number of fused-ring (bicyclic) bond motifs is 1. The third-order valence-corrected chi connectivity index (χ3v) is 5.74. The van der Waals surface area contributed by atoms with Crippen LogP contribution in [0.5, 0.6) is 0 Å². The van der Waals surface area contributed by atoms with Gasteiger partial charge in [0.1, 0.15) is 12.1 Å². The lowest BCUT2D eigenvalue weighted by atomic mass is 10.0. The largest absolute Gasteiger partial charge is 0.481 e. The molecule has 1 aliphatic rings. The molecule has 2 heterocycles. The lowest BCUT2D eigenvalue weighted by molar-refractivity contribution is -0.148. The monoisotopic (exact) mass is 473 g/mol. The van der Waals surface area contributed by atoms with Crippen LogP contribution < -0.4 is 16.4 Å². The van der Waals surface area contributed by atoms with Gasteiger partial charge in [0.15, 0.2) is 0 Å². The lowest BCUT2D eigenvalue weighted by Gasteiger charge is -2.23. The Kier molecular flexibility index (Phi) is 7.84. The number of carbonyl (C=O) groups is 5. The van der Waals surface area contributed by atoms with Gasteiger partial charge in [-0.15, -0.1) is 0 Å². The second-order valence-electron chi connectivity index (χ2n) is 8.13. The Labute approximate surface area is 194 Å². The summed E-state index contributed by atoms with van der Waals surface area (Å²) in [7, 11) is 0. The zero-order valence-corrected chi connectivity index (χ0v) is 18.3. The summed E-state index contributed by atoms with van der Waals surface area (Å²) in [6.07, 6.45) is 2.02. The van der Waals surface area contributed by atoms with Crippen LogP contribution >= 0.6 is 0 Å². The van der Waals surface area contributed by atoms with Crippen LogP contribution in [-0.2, 0) is 30.4 Å². The molecule has 0 saturated carbocycles. The standard InChI is InChI=1S/C22H27N5O7/c23-14(8-12-10-24-15-5-2-1-4-13(12)15)20(31)26-16(9-19(29)30)21(32)25-11-18(28)27-7-3-6-17(27)22(33)34/h1-2,4-5,10,14,16-17,24H,3,6-9,11,23H2,(H,25,32)(H,26,31)(H,29,30)(H,33,34). The summed E-state index contributed by atoms with van der Waals surface area (Å²) in [5.41, 5.74) is 7.67. The molecule has 0 aliphatic carbocycles. The second kappa shape index (κ2) is 10.8. The summed E-state index contributed by atoms with van der Waals surface area (Å²) in [6.45, 7) is -0.264. The van der Waals surface area contributed by atoms with Crippen molar-refractivity contribution in [1.29, 1.82) is 0 Å². The number of hydrogen-bond donors (Lipinski definition) is 6. The van der Waals surface area contributed by atoms with Crippen molar-refractivity contribution in [2.75, 3.05) is 13.1 Å². The van der Waals surface area contributed by atoms with Gasteiger partial charge in [-0.3, -0.25) is 19.2 Å². The molecule has 3 unspecified atom stereocenters. The van der Waals surface area contributed by atoms with Crippen molar-refractivity contribution in [1.82, 2.24) is 20.5 Å². The Bertz CT molecular complexity index is 1100. The van der Waals surface area contributed by atoms with E-state index >= 15 is 0 Å². The van der Waals surface area contributed by atoms with E-state index in [-0.39, 0.29) is 13.0 Å². The molecule has 1 aromatic heterocycles. The Morgan fingerprint density at radius 3 is 2.59 bits per heavy atom. The number of nitrogens with one attached hydrogen (secondary N) is 3. The molecule has 1 saturated heterocycles. The molecule has 7 N–H and O–H groups in total. The van der Waals surface area contributed by atoms with Gasteiger partial charge < -0.3 is 36.5 Å². The molecule has 2 aromatic rings. The lowest BCUT2D eigenvalue weighted by Crippen LogP contribution is -2.54. The molecule has 1 fully saturated rings. The van der Waals surface area contributed by atoms with Crippen LogP contribution in [0.25, 0.3) is 10.9 Å². The third-order valence-electron chi connectivity index (χ3n) is 5.74. The first-order valence-corrected chi connectivity index (χ1v) is 10.8. The van der Waals surface area contributed by atoms with Crippen LogP contribution in [0.2, 0.25) is 0 Å². The van der Waals surface area contributed by atoms with E-state index in [1.807, 2.05) is 24.3 Å². The number of aromatic amines is 1. The van der Waals surface area contributed by atoms with E-state index in [4.69, 9.17) is 10.8 Å². The Morgan fingerprint density at radius 2 is 1.88 bits per heavy atom. The average Bonchev–Trinajstić information content (AvgIpc) is 3.44. The number of amides is 3. The van der Waals surface area contributed by atoms with Gasteiger partial charge in [-0.05, 0) is 30.9 Å². The summed E-state index contributed by atoms with van der Waals surface area (Å²) in [5, 5.41) is 23.9. The van der Waals surface area contributed by atoms with Crippen molar-refractivity contribution in [3.8, 4) is 0 Å². The van der Waals surface area contributed by atoms with Gasteiger partial charge in [0.25, 0.3) is 0 Å². The van der Waals surface area contributed by atoms with E-state index in [2.05, 4.69) is 15.6 Å². The minimum Gasteiger partial charge on any atom is -0.481 e. The van der Waals surface area contributed by atoms with Gasteiger partial charge in [-0.25, -0.2) is 4.79 Å². The van der Waals surface area contributed by atoms with Crippen LogP contribution in [0.15, 0.2) is 30.5 Å². The van der Waals surface area contributed by atoms with Gasteiger partial charge in [-0.2, -0.15) is 0 Å². The molecule has 1 aromatic carbocycles. The van der Waals surface area contributed by atoms with Crippen LogP contribution in [0.1, 0.15) is 24.8 Å². The number of aliphatic carboxylic acids is 2. The zero-order valence-electron chi connectivity index (χ0n) is 18.3. The number of aromatic nitrogens is 1. The Balaban J connectivity index is 1.59. The van der Waals surface area contributed by atoms with Gasteiger partial charge >= 0.3 is 11.9 Å². The number of nitrogens with zero attached hydrogens (tertiary/aromatic N) is 1. The first kappa shape index (κ1) is 24.7. The van der Waals surface area contributed by atoms with E-state index in [1.54, 1.807) is 6.20 Å². The number of likely N-dealkylation sites (tertiary alicyclic amines) is 1. The highest BCUT2D eigenvalue weighted by molar-refractivity contribution is 5.95. The number of benzene rings is 1. The highest BCUT2D eigenvalue weighted by atomic mass is 16.4. The van der Waals surface area contributed by atoms with Crippen LogP contribution in [0, 0.1) is 0 Å². The molecule has 1 aliphatic heterocycles. The van der Waals surface area contributed by atoms with E-state index in [1.165, 1.54) is 0 Å². The summed E-state index contributed by atoms with van der Waals surface area (Å²) in [5.74, 6) is -4.66. The molecule has 3 amide bonds. The molecular weight excluding hydrogens is 446 g/mol. The van der Waals surface area contributed by atoms with E-state index in [0.717, 1.165) is 21.4 Å². The van der Waals surface area contributed by atoms with Gasteiger partial charge in [0, 0.05) is 23.6 Å². The first-order valence-electron chi connectivity index (χ1n) is 10.8. The molecular formula is C22H27N5O7. The number of nitrogens with two attached hydrogens (primary N) is 1. The summed E-state index contributed by atoms with van der Waals surface area (Å²) < 4.78 is 0. The van der Waals surface area contributed by atoms with Crippen molar-refractivity contribution in [2.45, 2.75) is 43.8 Å². The fourth-order valence-corrected chi connectivity index (χ4v) is 4.00. The summed E-state index contributed by atoms with van der Waals surface area (Å²) in [4.78, 5) is 64.2. The molecule has 0 radical (unpaired) electrons. The number of rotatable bonds is 10. The fraction of sp³-hybridized carbons (Fsp3) is 0.409. The number of hydrogen-bond acceptors (Lipinski definition) is 6. The highest BCUT2D eigenvalue weighted by Gasteiger charge is 2.34. The van der Waals surface area contributed by atoms with E-state index in [9.17, 15) is 29.1 Å². The van der Waals surface area contributed by atoms with Crippen molar-refractivity contribution >= 4 is 40.6 Å². The number of H-pyrrole nitrogens is 1. The topological polar surface area (TPSA) is 195 Å². The fourth-order valence-electron chi connectivity index (χ4n) is 4.00.